The van der Waals surface area contributed by atoms with Crippen LogP contribution in [0.2, 0.25) is 0 Å². The third-order valence-corrected chi connectivity index (χ3v) is 8.09. The van der Waals surface area contributed by atoms with Gasteiger partial charge in [0.2, 0.25) is 10.0 Å². The molecule has 0 fully saturated rings. The van der Waals surface area contributed by atoms with E-state index in [0.717, 1.165) is 15.6 Å². The molecule has 0 aliphatic rings. The molecule has 0 saturated heterocycles. The Morgan fingerprint density at radius 1 is 1.09 bits per heavy atom. The van der Waals surface area contributed by atoms with Crippen LogP contribution in [0.5, 0.6) is 0 Å². The van der Waals surface area contributed by atoms with Crippen molar-refractivity contribution in [3.8, 4) is 10.6 Å². The zero-order valence-electron chi connectivity index (χ0n) is 18.1. The first-order valence-corrected chi connectivity index (χ1v) is 12.7. The van der Waals surface area contributed by atoms with Gasteiger partial charge in [0.15, 0.2) is 0 Å². The largest absolute Gasteiger partial charge is 0.480 e. The number of hydrogen-bond acceptors (Lipinski definition) is 6. The van der Waals surface area contributed by atoms with E-state index in [0.29, 0.717) is 27.1 Å². The van der Waals surface area contributed by atoms with Crippen molar-refractivity contribution in [2.45, 2.75) is 24.8 Å². The van der Waals surface area contributed by atoms with Gasteiger partial charge < -0.3 is 9.52 Å². The van der Waals surface area contributed by atoms with E-state index in [1.165, 1.54) is 29.5 Å². The Morgan fingerprint density at radius 3 is 2.59 bits per heavy atom. The van der Waals surface area contributed by atoms with E-state index in [4.69, 9.17) is 4.42 Å². The molecule has 0 spiro atoms. The molecule has 0 radical (unpaired) electrons. The molecule has 0 unspecified atom stereocenters. The normalized spacial score (nSPS) is 13.3. The van der Waals surface area contributed by atoms with Gasteiger partial charge in [0.1, 0.15) is 33.5 Å². The zero-order valence-corrected chi connectivity index (χ0v) is 19.7. The highest BCUT2D eigenvalue weighted by Gasteiger charge is 2.28. The third kappa shape index (κ3) is 3.83. The lowest BCUT2D eigenvalue weighted by molar-refractivity contribution is -0.140. The number of hydrogen-bond donors (Lipinski definition) is 2. The van der Waals surface area contributed by atoms with Crippen molar-refractivity contribution >= 4 is 59.5 Å². The first-order valence-electron chi connectivity index (χ1n) is 10.4. The number of rotatable bonds is 6. The zero-order chi connectivity index (χ0) is 24.2. The third-order valence-electron chi connectivity index (χ3n) is 5.58. The van der Waals surface area contributed by atoms with E-state index < -0.39 is 28.0 Å². The summed E-state index contributed by atoms with van der Waals surface area (Å²) in [6.07, 6.45) is 0. The minimum Gasteiger partial charge on any atom is -0.480 e. The van der Waals surface area contributed by atoms with E-state index in [9.17, 15) is 22.7 Å². The number of sulfonamides is 1. The Balaban J connectivity index is 1.56. The number of para-hydroxylation sites is 1. The number of carbonyl (C=O) groups is 1. The Hall–Kier alpha value is -3.34. The molecule has 7 nitrogen and oxygen atoms in total. The van der Waals surface area contributed by atoms with Crippen LogP contribution in [-0.4, -0.2) is 30.5 Å². The number of furan rings is 1. The highest BCUT2D eigenvalue weighted by Crippen LogP contribution is 2.36. The van der Waals surface area contributed by atoms with Crippen LogP contribution in [0.15, 0.2) is 63.9 Å². The molecular weight excluding hydrogens is 479 g/mol. The summed E-state index contributed by atoms with van der Waals surface area (Å²) in [5.74, 6) is -2.05. The molecule has 0 amide bonds. The molecule has 2 heterocycles. The van der Waals surface area contributed by atoms with Crippen molar-refractivity contribution in [3.05, 3.63) is 60.4 Å². The fourth-order valence-electron chi connectivity index (χ4n) is 3.80. The Labute approximate surface area is 197 Å². The number of benzene rings is 3. The molecular formula is C24H19FN2O5S2. The summed E-state index contributed by atoms with van der Waals surface area (Å²) in [5, 5.41) is 11.4. The van der Waals surface area contributed by atoms with E-state index in [1.54, 1.807) is 32.0 Å². The van der Waals surface area contributed by atoms with Gasteiger partial charge in [0.25, 0.3) is 0 Å². The molecule has 2 N–H and O–H groups in total. The minimum atomic E-state index is -4.08. The monoisotopic (exact) mass is 498 g/mol. The number of thiazole rings is 1. The van der Waals surface area contributed by atoms with Crippen LogP contribution in [0.25, 0.3) is 42.7 Å². The van der Waals surface area contributed by atoms with Crippen molar-refractivity contribution in [1.29, 1.82) is 0 Å². The van der Waals surface area contributed by atoms with Gasteiger partial charge in [-0.1, -0.05) is 19.9 Å². The smallest absolute Gasteiger partial charge is 0.322 e. The average Bonchev–Trinajstić information content (AvgIpc) is 3.38. The molecule has 0 saturated carbocycles. The molecule has 0 bridgehead atoms. The van der Waals surface area contributed by atoms with Gasteiger partial charge in [-0.15, -0.1) is 11.3 Å². The number of nitrogens with one attached hydrogen (secondary N) is 1. The average molecular weight is 499 g/mol. The number of carboxylic acid groups (broad SMARTS) is 1. The Morgan fingerprint density at radius 2 is 1.88 bits per heavy atom. The van der Waals surface area contributed by atoms with E-state index in [2.05, 4.69) is 9.71 Å². The maximum absolute atomic E-state index is 14.1. The van der Waals surface area contributed by atoms with Crippen LogP contribution >= 0.6 is 11.3 Å². The molecule has 5 aromatic rings. The summed E-state index contributed by atoms with van der Waals surface area (Å²) in [4.78, 5) is 15.8. The van der Waals surface area contributed by atoms with Gasteiger partial charge in [-0.2, -0.15) is 4.72 Å². The second-order valence-electron chi connectivity index (χ2n) is 8.26. The van der Waals surface area contributed by atoms with Crippen LogP contribution in [0, 0.1) is 11.7 Å². The van der Waals surface area contributed by atoms with Crippen LogP contribution in [0.1, 0.15) is 13.8 Å². The van der Waals surface area contributed by atoms with Gasteiger partial charge in [0.05, 0.1) is 9.60 Å². The lowest BCUT2D eigenvalue weighted by Crippen LogP contribution is -2.44. The quantitative estimate of drug-likeness (QED) is 0.325. The van der Waals surface area contributed by atoms with Crippen molar-refractivity contribution < 1.29 is 27.1 Å². The number of halogens is 1. The lowest BCUT2D eigenvalue weighted by Gasteiger charge is -2.17. The topological polar surface area (TPSA) is 110 Å². The van der Waals surface area contributed by atoms with Crippen LogP contribution in [-0.2, 0) is 14.8 Å². The van der Waals surface area contributed by atoms with Gasteiger partial charge >= 0.3 is 5.97 Å². The van der Waals surface area contributed by atoms with Crippen molar-refractivity contribution in [1.82, 2.24) is 9.71 Å². The summed E-state index contributed by atoms with van der Waals surface area (Å²) in [5.41, 5.74) is 2.01. The Bertz CT molecular complexity index is 1690. The molecule has 0 aliphatic heterocycles. The maximum Gasteiger partial charge on any atom is 0.322 e. The van der Waals surface area contributed by atoms with Gasteiger partial charge in [-0.05, 0) is 48.4 Å². The SMILES string of the molecule is CC(C)[C@H](NS(=O)(=O)c1ccc2c(c1)oc1ccc(-c3nc4c(F)cccc4s3)cc12)C(=O)O. The van der Waals surface area contributed by atoms with Crippen molar-refractivity contribution in [2.24, 2.45) is 5.92 Å². The lowest BCUT2D eigenvalue weighted by atomic mass is 10.1. The van der Waals surface area contributed by atoms with E-state index in [-0.39, 0.29) is 10.7 Å². The summed E-state index contributed by atoms with van der Waals surface area (Å²) in [6.45, 7) is 3.25. The van der Waals surface area contributed by atoms with Crippen LogP contribution < -0.4 is 4.72 Å². The second-order valence-corrected chi connectivity index (χ2v) is 11.0. The molecule has 34 heavy (non-hydrogen) atoms. The van der Waals surface area contributed by atoms with Crippen molar-refractivity contribution in [2.75, 3.05) is 0 Å². The summed E-state index contributed by atoms with van der Waals surface area (Å²) in [6, 6.07) is 13.5. The number of aromatic nitrogens is 1. The second kappa shape index (κ2) is 8.15. The highest BCUT2D eigenvalue weighted by atomic mass is 32.2. The standard InChI is InChI=1S/C24H19FN2O5S2/c1-12(2)21(24(28)29)27-34(30,31)14-7-8-15-16-10-13(6-9-18(16)32-19(15)11-14)23-26-22-17(25)4-3-5-20(22)33-23/h3-12,21,27H,1-2H3,(H,28,29)/t21-/m0/s1. The highest BCUT2D eigenvalue weighted by molar-refractivity contribution is 7.89. The predicted octanol–water partition coefficient (Wildman–Crippen LogP) is 5.39. The Kier molecular flexibility index (Phi) is 5.38. The van der Waals surface area contributed by atoms with Gasteiger partial charge in [-0.25, -0.2) is 17.8 Å². The molecule has 10 heteroatoms. The predicted molar refractivity (Wildman–Crippen MR) is 129 cm³/mol. The van der Waals surface area contributed by atoms with E-state index >= 15 is 0 Å². The molecule has 1 atom stereocenters. The van der Waals surface area contributed by atoms with Gasteiger partial charge in [0, 0.05) is 22.4 Å². The first kappa shape index (κ1) is 22.5. The molecule has 3 aromatic carbocycles. The maximum atomic E-state index is 14.1. The van der Waals surface area contributed by atoms with Crippen molar-refractivity contribution in [3.63, 3.8) is 0 Å². The number of fused-ring (bicyclic) bond motifs is 4. The van der Waals surface area contributed by atoms with E-state index in [1.807, 2.05) is 18.2 Å². The summed E-state index contributed by atoms with van der Waals surface area (Å²) >= 11 is 1.38. The molecule has 0 aliphatic carbocycles. The number of nitrogens with zero attached hydrogens (tertiary/aromatic N) is 1. The van der Waals surface area contributed by atoms with Gasteiger partial charge in [-0.3, -0.25) is 4.79 Å². The summed E-state index contributed by atoms with van der Waals surface area (Å²) in [7, 11) is -4.08. The molecule has 5 rings (SSSR count). The summed E-state index contributed by atoms with van der Waals surface area (Å²) < 4.78 is 48.6. The molecule has 174 valence electrons. The minimum absolute atomic E-state index is 0.0900. The fourth-order valence-corrected chi connectivity index (χ4v) is 6.13. The first-order chi connectivity index (χ1) is 16.1. The fraction of sp³-hybridized carbons (Fsp3) is 0.167. The molecule has 2 aromatic heterocycles. The van der Waals surface area contributed by atoms with Crippen LogP contribution in [0.4, 0.5) is 4.39 Å². The van der Waals surface area contributed by atoms with Crippen LogP contribution in [0.3, 0.4) is 0 Å². The number of carboxylic acids is 1. The number of aliphatic carboxylic acids is 1.